The Morgan fingerprint density at radius 1 is 1.37 bits per heavy atom. The van der Waals surface area contributed by atoms with Gasteiger partial charge in [0.25, 0.3) is 0 Å². The quantitative estimate of drug-likeness (QED) is 0.707. The molecule has 2 atom stereocenters. The van der Waals surface area contributed by atoms with Gasteiger partial charge in [0.05, 0.1) is 6.10 Å². The van der Waals surface area contributed by atoms with Gasteiger partial charge in [0.15, 0.2) is 0 Å². The molecule has 106 valence electrons. The Morgan fingerprint density at radius 3 is 2.68 bits per heavy atom. The summed E-state index contributed by atoms with van der Waals surface area (Å²) in [6.07, 6.45) is 1.14. The molecule has 1 aromatic carbocycles. The molecule has 1 rings (SSSR count). The normalized spacial score (nSPS) is 13.8. The zero-order valence-corrected chi connectivity index (χ0v) is 11.6. The van der Waals surface area contributed by atoms with Crippen molar-refractivity contribution in [1.29, 1.82) is 0 Å². The van der Waals surface area contributed by atoms with E-state index in [1.807, 2.05) is 37.3 Å². The lowest BCUT2D eigenvalue weighted by molar-refractivity contribution is -0.122. The molecule has 0 heterocycles. The Morgan fingerprint density at radius 2 is 2.05 bits per heavy atom. The number of benzene rings is 1. The molecule has 0 bridgehead atoms. The fourth-order valence-electron chi connectivity index (χ4n) is 1.93. The number of hydrogen-bond acceptors (Lipinski definition) is 3. The fraction of sp³-hybridized carbons (Fsp3) is 0.533. The first kappa shape index (κ1) is 15.7. The van der Waals surface area contributed by atoms with Crippen LogP contribution in [0.4, 0.5) is 0 Å². The van der Waals surface area contributed by atoms with Crippen LogP contribution in [0, 0.1) is 0 Å². The SMILES string of the molecule is COCCCC(=O)NC(C)CC(O)c1ccccc1. The van der Waals surface area contributed by atoms with E-state index in [4.69, 9.17) is 4.74 Å². The predicted octanol–water partition coefficient (Wildman–Crippen LogP) is 2.04. The molecule has 2 unspecified atom stereocenters. The topological polar surface area (TPSA) is 58.6 Å². The molecule has 19 heavy (non-hydrogen) atoms. The molecule has 0 aliphatic heterocycles. The van der Waals surface area contributed by atoms with Crippen LogP contribution in [-0.2, 0) is 9.53 Å². The fourth-order valence-corrected chi connectivity index (χ4v) is 1.93. The van der Waals surface area contributed by atoms with E-state index in [9.17, 15) is 9.90 Å². The van der Waals surface area contributed by atoms with Crippen LogP contribution in [0.2, 0.25) is 0 Å². The molecule has 1 amide bonds. The minimum absolute atomic E-state index is 0.00446. The third-order valence-corrected chi connectivity index (χ3v) is 2.92. The van der Waals surface area contributed by atoms with Gasteiger partial charge in [-0.3, -0.25) is 4.79 Å². The largest absolute Gasteiger partial charge is 0.388 e. The highest BCUT2D eigenvalue weighted by molar-refractivity contribution is 5.76. The highest BCUT2D eigenvalue weighted by atomic mass is 16.5. The number of amides is 1. The van der Waals surface area contributed by atoms with E-state index in [0.29, 0.717) is 19.4 Å². The average molecular weight is 265 g/mol. The average Bonchev–Trinajstić information content (AvgIpc) is 2.39. The van der Waals surface area contributed by atoms with Gasteiger partial charge in [-0.25, -0.2) is 0 Å². The first-order valence-electron chi connectivity index (χ1n) is 6.64. The molecular weight excluding hydrogens is 242 g/mol. The molecule has 0 saturated heterocycles. The molecule has 0 fully saturated rings. The van der Waals surface area contributed by atoms with Crippen molar-refractivity contribution < 1.29 is 14.6 Å². The van der Waals surface area contributed by atoms with Crippen molar-refractivity contribution in [2.75, 3.05) is 13.7 Å². The van der Waals surface area contributed by atoms with Gasteiger partial charge in [-0.2, -0.15) is 0 Å². The number of carbonyl (C=O) groups excluding carboxylic acids is 1. The maximum atomic E-state index is 11.6. The lowest BCUT2D eigenvalue weighted by Gasteiger charge is -2.18. The van der Waals surface area contributed by atoms with Crippen molar-refractivity contribution in [3.05, 3.63) is 35.9 Å². The van der Waals surface area contributed by atoms with Crippen LogP contribution < -0.4 is 5.32 Å². The second-order valence-corrected chi connectivity index (χ2v) is 4.73. The van der Waals surface area contributed by atoms with E-state index in [1.165, 1.54) is 0 Å². The molecule has 0 radical (unpaired) electrons. The summed E-state index contributed by atoms with van der Waals surface area (Å²) in [7, 11) is 1.62. The molecule has 0 aliphatic carbocycles. The standard InChI is InChI=1S/C15H23NO3/c1-12(16-15(18)9-6-10-19-2)11-14(17)13-7-4-3-5-8-13/h3-5,7-8,12,14,17H,6,9-11H2,1-2H3,(H,16,18). The van der Waals surface area contributed by atoms with Crippen molar-refractivity contribution in [1.82, 2.24) is 5.32 Å². The Hall–Kier alpha value is -1.39. The van der Waals surface area contributed by atoms with E-state index in [0.717, 1.165) is 12.0 Å². The van der Waals surface area contributed by atoms with Crippen LogP contribution in [0.25, 0.3) is 0 Å². The number of rotatable bonds is 8. The highest BCUT2D eigenvalue weighted by Gasteiger charge is 2.13. The van der Waals surface area contributed by atoms with Gasteiger partial charge in [-0.05, 0) is 25.3 Å². The van der Waals surface area contributed by atoms with Gasteiger partial charge < -0.3 is 15.2 Å². The molecule has 1 aromatic rings. The number of methoxy groups -OCH3 is 1. The van der Waals surface area contributed by atoms with E-state index in [2.05, 4.69) is 5.32 Å². The summed E-state index contributed by atoms with van der Waals surface area (Å²) >= 11 is 0. The maximum Gasteiger partial charge on any atom is 0.220 e. The lowest BCUT2D eigenvalue weighted by atomic mass is 10.0. The molecule has 4 nitrogen and oxygen atoms in total. The third-order valence-electron chi connectivity index (χ3n) is 2.92. The molecule has 0 saturated carbocycles. The van der Waals surface area contributed by atoms with E-state index < -0.39 is 6.10 Å². The van der Waals surface area contributed by atoms with Crippen molar-refractivity contribution >= 4 is 5.91 Å². The van der Waals surface area contributed by atoms with Crippen molar-refractivity contribution in [2.24, 2.45) is 0 Å². The number of carbonyl (C=O) groups is 1. The minimum Gasteiger partial charge on any atom is -0.388 e. The lowest BCUT2D eigenvalue weighted by Crippen LogP contribution is -2.33. The van der Waals surface area contributed by atoms with Crippen LogP contribution in [0.3, 0.4) is 0 Å². The molecule has 0 aromatic heterocycles. The molecule has 0 aliphatic rings. The molecule has 2 N–H and O–H groups in total. The van der Waals surface area contributed by atoms with Crippen LogP contribution in [0.1, 0.15) is 37.9 Å². The number of aliphatic hydroxyl groups excluding tert-OH is 1. The number of aliphatic hydroxyl groups is 1. The highest BCUT2D eigenvalue weighted by Crippen LogP contribution is 2.17. The first-order valence-corrected chi connectivity index (χ1v) is 6.64. The monoisotopic (exact) mass is 265 g/mol. The number of ether oxygens (including phenoxy) is 1. The van der Waals surface area contributed by atoms with E-state index in [-0.39, 0.29) is 11.9 Å². The molecule has 4 heteroatoms. The third kappa shape index (κ3) is 6.36. The summed E-state index contributed by atoms with van der Waals surface area (Å²) in [5, 5.41) is 12.9. The summed E-state index contributed by atoms with van der Waals surface area (Å²) in [4.78, 5) is 11.6. The van der Waals surface area contributed by atoms with Crippen LogP contribution >= 0.6 is 0 Å². The number of hydrogen-bond donors (Lipinski definition) is 2. The summed E-state index contributed by atoms with van der Waals surface area (Å²) in [5.74, 6) is 0.00446. The second-order valence-electron chi connectivity index (χ2n) is 4.73. The zero-order valence-electron chi connectivity index (χ0n) is 11.6. The Balaban J connectivity index is 2.30. The zero-order chi connectivity index (χ0) is 14.1. The summed E-state index contributed by atoms with van der Waals surface area (Å²) in [5.41, 5.74) is 0.878. The van der Waals surface area contributed by atoms with Crippen molar-refractivity contribution in [2.45, 2.75) is 38.3 Å². The van der Waals surface area contributed by atoms with Crippen LogP contribution in [0.5, 0.6) is 0 Å². The smallest absolute Gasteiger partial charge is 0.220 e. The molecule has 0 spiro atoms. The Kier molecular flexibility index (Phi) is 7.15. The van der Waals surface area contributed by atoms with Gasteiger partial charge in [0, 0.05) is 26.2 Å². The van der Waals surface area contributed by atoms with Crippen molar-refractivity contribution in [3.8, 4) is 0 Å². The summed E-state index contributed by atoms with van der Waals surface area (Å²) in [6, 6.07) is 9.43. The Bertz CT molecular complexity index is 367. The van der Waals surface area contributed by atoms with Crippen LogP contribution in [0.15, 0.2) is 30.3 Å². The van der Waals surface area contributed by atoms with Crippen LogP contribution in [-0.4, -0.2) is 30.8 Å². The van der Waals surface area contributed by atoms with Gasteiger partial charge in [-0.15, -0.1) is 0 Å². The van der Waals surface area contributed by atoms with E-state index in [1.54, 1.807) is 7.11 Å². The summed E-state index contributed by atoms with van der Waals surface area (Å²) in [6.45, 7) is 2.49. The van der Waals surface area contributed by atoms with Gasteiger partial charge >= 0.3 is 0 Å². The van der Waals surface area contributed by atoms with Gasteiger partial charge in [-0.1, -0.05) is 30.3 Å². The first-order chi connectivity index (χ1) is 9.13. The van der Waals surface area contributed by atoms with Crippen molar-refractivity contribution in [3.63, 3.8) is 0 Å². The van der Waals surface area contributed by atoms with Gasteiger partial charge in [0.2, 0.25) is 5.91 Å². The maximum absolute atomic E-state index is 11.6. The Labute approximate surface area is 114 Å². The predicted molar refractivity (Wildman–Crippen MR) is 74.7 cm³/mol. The molecular formula is C15H23NO3. The minimum atomic E-state index is -0.546. The summed E-state index contributed by atoms with van der Waals surface area (Å²) < 4.78 is 4.90. The number of nitrogens with one attached hydrogen (secondary N) is 1. The van der Waals surface area contributed by atoms with Gasteiger partial charge in [0.1, 0.15) is 0 Å². The second kappa shape index (κ2) is 8.67. The van der Waals surface area contributed by atoms with E-state index >= 15 is 0 Å².